The van der Waals surface area contributed by atoms with Gasteiger partial charge in [0.25, 0.3) is 0 Å². The number of nitrogens with one attached hydrogen (secondary N) is 2. The van der Waals surface area contributed by atoms with Gasteiger partial charge in [0.15, 0.2) is 0 Å². The van der Waals surface area contributed by atoms with Gasteiger partial charge in [-0.25, -0.2) is 4.79 Å². The molecule has 1 fully saturated rings. The molecule has 1 heterocycles. The maximum atomic E-state index is 12.0. The van der Waals surface area contributed by atoms with Gasteiger partial charge in [-0.1, -0.05) is 0 Å². The fourth-order valence-electron chi connectivity index (χ4n) is 1.86. The van der Waals surface area contributed by atoms with Gasteiger partial charge in [-0.05, 0) is 39.2 Å². The minimum atomic E-state index is -0.375. The number of hydrogen-bond acceptors (Lipinski definition) is 5. The summed E-state index contributed by atoms with van der Waals surface area (Å²) in [5.74, 6) is -0.497. The van der Waals surface area contributed by atoms with Crippen molar-refractivity contribution in [3.63, 3.8) is 0 Å². The molecule has 0 atom stereocenters. The summed E-state index contributed by atoms with van der Waals surface area (Å²) in [6.07, 6.45) is 2.27. The highest BCUT2D eigenvalue weighted by Crippen LogP contribution is 2.33. The number of anilines is 1. The van der Waals surface area contributed by atoms with Gasteiger partial charge in [0.05, 0.1) is 18.7 Å². The molecule has 0 radical (unpaired) electrons. The number of ether oxygens (including phenoxy) is 1. The molecular weight excluding hydrogens is 276 g/mol. The Labute approximate surface area is 122 Å². The van der Waals surface area contributed by atoms with Crippen LogP contribution in [0.25, 0.3) is 0 Å². The van der Waals surface area contributed by atoms with Crippen molar-refractivity contribution in [2.24, 2.45) is 0 Å². The number of rotatable bonds is 6. The van der Waals surface area contributed by atoms with Crippen molar-refractivity contribution in [1.82, 2.24) is 5.32 Å². The van der Waals surface area contributed by atoms with Crippen LogP contribution < -0.4 is 10.6 Å². The van der Waals surface area contributed by atoms with Gasteiger partial charge >= 0.3 is 5.97 Å². The first-order valence-corrected chi connectivity index (χ1v) is 7.65. The van der Waals surface area contributed by atoms with Gasteiger partial charge in [-0.3, -0.25) is 4.79 Å². The predicted molar refractivity (Wildman–Crippen MR) is 79.4 cm³/mol. The number of esters is 1. The summed E-state index contributed by atoms with van der Waals surface area (Å²) < 4.78 is 5.05. The molecule has 6 heteroatoms. The number of carbonyl (C=O) groups is 2. The predicted octanol–water partition coefficient (Wildman–Crippen LogP) is 2.23. The van der Waals surface area contributed by atoms with Crippen molar-refractivity contribution >= 4 is 28.2 Å². The lowest BCUT2D eigenvalue weighted by Crippen LogP contribution is -2.29. The Morgan fingerprint density at radius 3 is 2.65 bits per heavy atom. The van der Waals surface area contributed by atoms with Crippen molar-refractivity contribution < 1.29 is 14.3 Å². The summed E-state index contributed by atoms with van der Waals surface area (Å²) in [6.45, 7) is 6.17. The van der Waals surface area contributed by atoms with E-state index in [4.69, 9.17) is 4.74 Å². The van der Waals surface area contributed by atoms with E-state index in [0.29, 0.717) is 23.2 Å². The van der Waals surface area contributed by atoms with Crippen LogP contribution in [0.1, 0.15) is 40.6 Å². The summed E-state index contributed by atoms with van der Waals surface area (Å²) in [5, 5.41) is 6.54. The van der Waals surface area contributed by atoms with E-state index in [2.05, 4.69) is 10.6 Å². The molecule has 2 N–H and O–H groups in total. The first-order chi connectivity index (χ1) is 9.52. The average Bonchev–Trinajstić information content (AvgIpc) is 3.16. The van der Waals surface area contributed by atoms with E-state index in [1.54, 1.807) is 6.92 Å². The molecule has 0 saturated heterocycles. The zero-order chi connectivity index (χ0) is 14.7. The van der Waals surface area contributed by atoms with E-state index >= 15 is 0 Å². The minimum absolute atomic E-state index is 0.122. The van der Waals surface area contributed by atoms with Crippen LogP contribution in [0.5, 0.6) is 0 Å². The lowest BCUT2D eigenvalue weighted by atomic mass is 10.1. The summed E-state index contributed by atoms with van der Waals surface area (Å²) in [4.78, 5) is 24.9. The summed E-state index contributed by atoms with van der Waals surface area (Å²) in [7, 11) is 0. The van der Waals surface area contributed by atoms with Crippen LogP contribution in [0, 0.1) is 13.8 Å². The Morgan fingerprint density at radius 2 is 2.05 bits per heavy atom. The van der Waals surface area contributed by atoms with Crippen LogP contribution in [0.15, 0.2) is 0 Å². The maximum Gasteiger partial charge on any atom is 0.341 e. The number of hydrogen-bond donors (Lipinski definition) is 2. The Hall–Kier alpha value is -1.40. The van der Waals surface area contributed by atoms with Gasteiger partial charge < -0.3 is 15.4 Å². The number of carbonyl (C=O) groups excluding carboxylic acids is 2. The van der Waals surface area contributed by atoms with Crippen LogP contribution in [0.2, 0.25) is 0 Å². The molecule has 2 rings (SSSR count). The summed E-state index contributed by atoms with van der Waals surface area (Å²) in [5.41, 5.74) is 1.35. The normalized spacial score (nSPS) is 14.2. The zero-order valence-electron chi connectivity index (χ0n) is 12.0. The van der Waals surface area contributed by atoms with E-state index in [-0.39, 0.29) is 18.4 Å². The number of aryl methyl sites for hydroxylation is 1. The molecule has 0 unspecified atom stereocenters. The van der Waals surface area contributed by atoms with E-state index in [1.807, 2.05) is 13.8 Å². The molecule has 0 aliphatic heterocycles. The molecular formula is C14H20N2O3S. The Bertz CT molecular complexity index is 521. The Balaban J connectivity index is 2.07. The number of amides is 1. The SMILES string of the molecule is CCOC(=O)c1c(NC(=O)CNC2CC2)sc(C)c1C. The molecule has 0 bridgehead atoms. The fourth-order valence-corrected chi connectivity index (χ4v) is 2.92. The topological polar surface area (TPSA) is 67.4 Å². The molecule has 1 aliphatic carbocycles. The molecule has 0 aromatic carbocycles. The highest BCUT2D eigenvalue weighted by atomic mass is 32.1. The quantitative estimate of drug-likeness (QED) is 0.790. The van der Waals surface area contributed by atoms with Crippen LogP contribution in [-0.2, 0) is 9.53 Å². The lowest BCUT2D eigenvalue weighted by Gasteiger charge is -2.07. The second-order valence-corrected chi connectivity index (χ2v) is 6.14. The molecule has 1 aromatic rings. The first kappa shape index (κ1) is 15.0. The second-order valence-electron chi connectivity index (χ2n) is 4.91. The van der Waals surface area contributed by atoms with E-state index in [1.165, 1.54) is 11.3 Å². The van der Waals surface area contributed by atoms with Crippen molar-refractivity contribution in [2.45, 2.75) is 39.7 Å². The molecule has 20 heavy (non-hydrogen) atoms. The molecule has 1 amide bonds. The molecule has 1 saturated carbocycles. The van der Waals surface area contributed by atoms with Gasteiger partial charge in [-0.15, -0.1) is 11.3 Å². The lowest BCUT2D eigenvalue weighted by molar-refractivity contribution is -0.115. The highest BCUT2D eigenvalue weighted by molar-refractivity contribution is 7.16. The third-order valence-corrected chi connectivity index (χ3v) is 4.37. The molecule has 110 valence electrons. The maximum absolute atomic E-state index is 12.0. The summed E-state index contributed by atoms with van der Waals surface area (Å²) in [6, 6.07) is 0.483. The Kier molecular flexibility index (Phi) is 4.77. The van der Waals surface area contributed by atoms with Crippen LogP contribution >= 0.6 is 11.3 Å². The molecule has 1 aliphatic rings. The average molecular weight is 296 g/mol. The van der Waals surface area contributed by atoms with Gasteiger partial charge in [0, 0.05) is 10.9 Å². The van der Waals surface area contributed by atoms with Gasteiger partial charge in [0.2, 0.25) is 5.91 Å². The first-order valence-electron chi connectivity index (χ1n) is 6.83. The zero-order valence-corrected chi connectivity index (χ0v) is 12.9. The van der Waals surface area contributed by atoms with Crippen LogP contribution in [-0.4, -0.2) is 31.1 Å². The largest absolute Gasteiger partial charge is 0.462 e. The highest BCUT2D eigenvalue weighted by Gasteiger charge is 2.24. The van der Waals surface area contributed by atoms with Gasteiger partial charge in [0.1, 0.15) is 5.00 Å². The third-order valence-electron chi connectivity index (χ3n) is 3.25. The Morgan fingerprint density at radius 1 is 1.35 bits per heavy atom. The third kappa shape index (κ3) is 3.58. The number of thiophene rings is 1. The van der Waals surface area contributed by atoms with E-state index in [0.717, 1.165) is 23.3 Å². The molecule has 5 nitrogen and oxygen atoms in total. The summed E-state index contributed by atoms with van der Waals surface area (Å²) >= 11 is 1.41. The van der Waals surface area contributed by atoms with Crippen molar-refractivity contribution in [3.05, 3.63) is 16.0 Å². The second kappa shape index (κ2) is 6.37. The van der Waals surface area contributed by atoms with Crippen LogP contribution in [0.4, 0.5) is 5.00 Å². The minimum Gasteiger partial charge on any atom is -0.462 e. The van der Waals surface area contributed by atoms with Crippen LogP contribution in [0.3, 0.4) is 0 Å². The monoisotopic (exact) mass is 296 g/mol. The van der Waals surface area contributed by atoms with Crippen molar-refractivity contribution in [3.8, 4) is 0 Å². The standard InChI is InChI=1S/C14H20N2O3S/c1-4-19-14(18)12-8(2)9(3)20-13(12)16-11(17)7-15-10-5-6-10/h10,15H,4-7H2,1-3H3,(H,16,17). The smallest absolute Gasteiger partial charge is 0.341 e. The molecule has 1 aromatic heterocycles. The fraction of sp³-hybridized carbons (Fsp3) is 0.571. The van der Waals surface area contributed by atoms with E-state index < -0.39 is 0 Å². The van der Waals surface area contributed by atoms with Crippen molar-refractivity contribution in [1.29, 1.82) is 0 Å². The molecule has 0 spiro atoms. The van der Waals surface area contributed by atoms with Crippen molar-refractivity contribution in [2.75, 3.05) is 18.5 Å². The van der Waals surface area contributed by atoms with E-state index in [9.17, 15) is 9.59 Å². The van der Waals surface area contributed by atoms with Gasteiger partial charge in [-0.2, -0.15) is 0 Å².